The van der Waals surface area contributed by atoms with E-state index >= 15 is 0 Å². The lowest BCUT2D eigenvalue weighted by Crippen LogP contribution is -1.83. The third-order valence-corrected chi connectivity index (χ3v) is 2.07. The Morgan fingerprint density at radius 3 is 1.93 bits per heavy atom. The van der Waals surface area contributed by atoms with Gasteiger partial charge in [0.2, 0.25) is 0 Å². The quantitative estimate of drug-likeness (QED) is 0.762. The first-order valence-corrected chi connectivity index (χ1v) is 5.26. The molecular weight excluding hydrogens is 188 g/mol. The summed E-state index contributed by atoms with van der Waals surface area (Å²) in [4.78, 5) is 9.81. The second kappa shape index (κ2) is 8.04. The Hall–Kier alpha value is -1.31. The molecule has 2 heteroatoms. The van der Waals surface area contributed by atoms with E-state index in [9.17, 15) is 4.79 Å². The molecule has 0 unspecified atom stereocenters. The summed E-state index contributed by atoms with van der Waals surface area (Å²) in [6, 6.07) is 8.13. The number of ketones is 1. The SMILES string of the molecule is CCC(C)=O.CCc1ccc(OC)cc1. The molecule has 0 radical (unpaired) electrons. The van der Waals surface area contributed by atoms with E-state index in [4.69, 9.17) is 4.74 Å². The summed E-state index contributed by atoms with van der Waals surface area (Å²) in [7, 11) is 1.68. The van der Waals surface area contributed by atoms with Gasteiger partial charge in [-0.3, -0.25) is 0 Å². The number of benzene rings is 1. The van der Waals surface area contributed by atoms with Crippen molar-refractivity contribution in [2.75, 3.05) is 7.11 Å². The zero-order chi connectivity index (χ0) is 11.7. The van der Waals surface area contributed by atoms with Crippen LogP contribution in [-0.4, -0.2) is 12.9 Å². The summed E-state index contributed by atoms with van der Waals surface area (Å²) in [5.41, 5.74) is 1.35. The summed E-state index contributed by atoms with van der Waals surface area (Å²) in [5, 5.41) is 0. The molecule has 0 aliphatic heterocycles. The fourth-order valence-corrected chi connectivity index (χ4v) is 0.861. The van der Waals surface area contributed by atoms with Crippen molar-refractivity contribution in [1.82, 2.24) is 0 Å². The molecule has 0 aromatic heterocycles. The Bertz CT molecular complexity index is 252. The molecule has 2 nitrogen and oxygen atoms in total. The molecule has 0 aliphatic rings. The number of rotatable bonds is 3. The van der Waals surface area contributed by atoms with E-state index < -0.39 is 0 Å². The second-order valence-corrected chi connectivity index (χ2v) is 3.26. The van der Waals surface area contributed by atoms with Crippen LogP contribution in [0.25, 0.3) is 0 Å². The van der Waals surface area contributed by atoms with Crippen LogP contribution in [0.5, 0.6) is 5.75 Å². The van der Waals surface area contributed by atoms with Gasteiger partial charge in [0.15, 0.2) is 0 Å². The molecular formula is C13H20O2. The summed E-state index contributed by atoms with van der Waals surface area (Å²) < 4.78 is 5.01. The normalized spacial score (nSPS) is 8.80. The molecule has 0 bridgehead atoms. The van der Waals surface area contributed by atoms with Crippen LogP contribution in [0.1, 0.15) is 32.8 Å². The average Bonchev–Trinajstić information content (AvgIpc) is 2.30. The zero-order valence-corrected chi connectivity index (χ0v) is 10.0. The fourth-order valence-electron chi connectivity index (χ4n) is 0.861. The highest BCUT2D eigenvalue weighted by atomic mass is 16.5. The monoisotopic (exact) mass is 208 g/mol. The maximum atomic E-state index is 9.81. The highest BCUT2D eigenvalue weighted by Gasteiger charge is 1.89. The van der Waals surface area contributed by atoms with Crippen molar-refractivity contribution in [3.63, 3.8) is 0 Å². The number of hydrogen-bond donors (Lipinski definition) is 0. The van der Waals surface area contributed by atoms with Gasteiger partial charge >= 0.3 is 0 Å². The Kier molecular flexibility index (Phi) is 7.33. The molecule has 1 rings (SSSR count). The van der Waals surface area contributed by atoms with Gasteiger partial charge in [-0.05, 0) is 31.0 Å². The number of aryl methyl sites for hydroxylation is 1. The molecule has 15 heavy (non-hydrogen) atoms. The number of ether oxygens (including phenoxy) is 1. The molecule has 0 heterocycles. The Morgan fingerprint density at radius 2 is 1.67 bits per heavy atom. The van der Waals surface area contributed by atoms with Crippen molar-refractivity contribution >= 4 is 5.78 Å². The second-order valence-electron chi connectivity index (χ2n) is 3.26. The first kappa shape index (κ1) is 13.7. The predicted octanol–water partition coefficient (Wildman–Crippen LogP) is 3.24. The Morgan fingerprint density at radius 1 is 1.20 bits per heavy atom. The van der Waals surface area contributed by atoms with Gasteiger partial charge in [0.25, 0.3) is 0 Å². The lowest BCUT2D eigenvalue weighted by molar-refractivity contribution is -0.116. The van der Waals surface area contributed by atoms with Gasteiger partial charge in [0.05, 0.1) is 7.11 Å². The first-order chi connectivity index (χ1) is 7.13. The van der Waals surface area contributed by atoms with Crippen LogP contribution < -0.4 is 4.74 Å². The van der Waals surface area contributed by atoms with E-state index in [2.05, 4.69) is 19.1 Å². The zero-order valence-electron chi connectivity index (χ0n) is 10.0. The third kappa shape index (κ3) is 6.72. The number of carbonyl (C=O) groups is 1. The molecule has 1 aromatic carbocycles. The summed E-state index contributed by atoms with van der Waals surface area (Å²) >= 11 is 0. The van der Waals surface area contributed by atoms with Crippen molar-refractivity contribution in [2.24, 2.45) is 0 Å². The fraction of sp³-hybridized carbons (Fsp3) is 0.462. The van der Waals surface area contributed by atoms with E-state index in [0.717, 1.165) is 12.2 Å². The minimum Gasteiger partial charge on any atom is -0.497 e. The largest absolute Gasteiger partial charge is 0.497 e. The van der Waals surface area contributed by atoms with Crippen LogP contribution in [0.4, 0.5) is 0 Å². The Balaban J connectivity index is 0.000000336. The van der Waals surface area contributed by atoms with Gasteiger partial charge in [-0.1, -0.05) is 26.0 Å². The lowest BCUT2D eigenvalue weighted by atomic mass is 10.2. The van der Waals surface area contributed by atoms with Crippen LogP contribution in [0, 0.1) is 0 Å². The van der Waals surface area contributed by atoms with Gasteiger partial charge in [-0.2, -0.15) is 0 Å². The summed E-state index contributed by atoms with van der Waals surface area (Å²) in [5.74, 6) is 1.18. The van der Waals surface area contributed by atoms with Gasteiger partial charge in [0, 0.05) is 6.42 Å². The van der Waals surface area contributed by atoms with E-state index in [1.165, 1.54) is 5.56 Å². The number of Topliss-reactive ketones (excluding diaryl/α,β-unsaturated/α-hetero) is 1. The van der Waals surface area contributed by atoms with Gasteiger partial charge in [0.1, 0.15) is 11.5 Å². The highest BCUT2D eigenvalue weighted by Crippen LogP contribution is 2.10. The smallest absolute Gasteiger partial charge is 0.129 e. The average molecular weight is 208 g/mol. The van der Waals surface area contributed by atoms with Crippen LogP contribution >= 0.6 is 0 Å². The van der Waals surface area contributed by atoms with Crippen LogP contribution in [0.3, 0.4) is 0 Å². The van der Waals surface area contributed by atoms with Gasteiger partial charge in [-0.25, -0.2) is 0 Å². The first-order valence-electron chi connectivity index (χ1n) is 5.26. The maximum absolute atomic E-state index is 9.81. The van der Waals surface area contributed by atoms with Crippen molar-refractivity contribution in [2.45, 2.75) is 33.6 Å². The predicted molar refractivity (Wildman–Crippen MR) is 63.3 cm³/mol. The van der Waals surface area contributed by atoms with Crippen LogP contribution in [-0.2, 0) is 11.2 Å². The van der Waals surface area contributed by atoms with Crippen molar-refractivity contribution < 1.29 is 9.53 Å². The molecule has 0 amide bonds. The number of hydrogen-bond acceptors (Lipinski definition) is 2. The maximum Gasteiger partial charge on any atom is 0.129 e. The van der Waals surface area contributed by atoms with Crippen LogP contribution in [0.15, 0.2) is 24.3 Å². The number of carbonyl (C=O) groups excluding carboxylic acids is 1. The number of methoxy groups -OCH3 is 1. The van der Waals surface area contributed by atoms with Crippen LogP contribution in [0.2, 0.25) is 0 Å². The molecule has 0 atom stereocenters. The van der Waals surface area contributed by atoms with Gasteiger partial charge in [-0.15, -0.1) is 0 Å². The van der Waals surface area contributed by atoms with Crippen molar-refractivity contribution in [1.29, 1.82) is 0 Å². The van der Waals surface area contributed by atoms with E-state index in [1.54, 1.807) is 14.0 Å². The topological polar surface area (TPSA) is 26.3 Å². The van der Waals surface area contributed by atoms with Crippen molar-refractivity contribution in [3.8, 4) is 5.75 Å². The minimum atomic E-state index is 0.255. The molecule has 0 aliphatic carbocycles. The highest BCUT2D eigenvalue weighted by molar-refractivity contribution is 5.74. The lowest BCUT2D eigenvalue weighted by Gasteiger charge is -1.99. The van der Waals surface area contributed by atoms with Gasteiger partial charge < -0.3 is 9.53 Å². The molecule has 0 saturated heterocycles. The molecule has 0 spiro atoms. The Labute approximate surface area is 92.3 Å². The van der Waals surface area contributed by atoms with E-state index in [0.29, 0.717) is 6.42 Å². The molecule has 1 aromatic rings. The molecule has 0 fully saturated rings. The standard InChI is InChI=1S/C9H12O.C4H8O/c1-3-8-4-6-9(10-2)7-5-8;1-3-4(2)5/h4-7H,3H2,1-2H3;3H2,1-2H3. The molecule has 0 saturated carbocycles. The molecule has 0 N–H and O–H groups in total. The van der Waals surface area contributed by atoms with Crippen molar-refractivity contribution in [3.05, 3.63) is 29.8 Å². The van der Waals surface area contributed by atoms with E-state index in [1.807, 2.05) is 19.1 Å². The summed E-state index contributed by atoms with van der Waals surface area (Å²) in [6.45, 7) is 5.57. The molecule has 84 valence electrons. The van der Waals surface area contributed by atoms with E-state index in [-0.39, 0.29) is 5.78 Å². The summed E-state index contributed by atoms with van der Waals surface area (Å²) in [6.07, 6.45) is 1.75. The third-order valence-electron chi connectivity index (χ3n) is 2.07. The minimum absolute atomic E-state index is 0.255.